The van der Waals surface area contributed by atoms with Crippen molar-refractivity contribution >= 4 is 28.5 Å². The SMILES string of the molecule is CC(C)(C)OC(=O)N1CCC(c2cn3c(cnc4[nH]cc(C5=CCOCC5)c43)n2)C1. The van der Waals surface area contributed by atoms with Crippen LogP contribution >= 0.6 is 0 Å². The van der Waals surface area contributed by atoms with Crippen LogP contribution in [0.1, 0.15) is 50.8 Å². The van der Waals surface area contributed by atoms with Gasteiger partial charge in [-0.2, -0.15) is 0 Å². The number of nitrogens with zero attached hydrogens (tertiary/aromatic N) is 4. The van der Waals surface area contributed by atoms with E-state index < -0.39 is 5.60 Å². The molecule has 2 aliphatic rings. The van der Waals surface area contributed by atoms with Crippen LogP contribution in [0.3, 0.4) is 0 Å². The first-order valence-corrected chi connectivity index (χ1v) is 10.5. The Morgan fingerprint density at radius 3 is 3.00 bits per heavy atom. The van der Waals surface area contributed by atoms with Gasteiger partial charge < -0.3 is 19.4 Å². The van der Waals surface area contributed by atoms with Crippen LogP contribution < -0.4 is 0 Å². The number of nitrogens with one attached hydrogen (secondary N) is 1. The number of carbonyl (C=O) groups excluding carboxylic acids is 1. The molecule has 0 spiro atoms. The Kier molecular flexibility index (Phi) is 4.54. The summed E-state index contributed by atoms with van der Waals surface area (Å²) >= 11 is 0. The van der Waals surface area contributed by atoms with Gasteiger partial charge in [0, 0.05) is 37.0 Å². The van der Waals surface area contributed by atoms with Gasteiger partial charge in [-0.15, -0.1) is 0 Å². The summed E-state index contributed by atoms with van der Waals surface area (Å²) in [6.45, 7) is 8.35. The first kappa shape index (κ1) is 19.1. The topological polar surface area (TPSA) is 84.8 Å². The van der Waals surface area contributed by atoms with Crippen molar-refractivity contribution < 1.29 is 14.3 Å². The second-order valence-corrected chi connectivity index (χ2v) is 9.02. The summed E-state index contributed by atoms with van der Waals surface area (Å²) in [5.41, 5.74) is 5.63. The van der Waals surface area contributed by atoms with Gasteiger partial charge in [0.1, 0.15) is 5.60 Å². The van der Waals surface area contributed by atoms with Gasteiger partial charge in [0.15, 0.2) is 11.3 Å². The third kappa shape index (κ3) is 3.45. The third-order valence-electron chi connectivity index (χ3n) is 5.70. The summed E-state index contributed by atoms with van der Waals surface area (Å²) < 4.78 is 13.1. The second-order valence-electron chi connectivity index (χ2n) is 9.02. The van der Waals surface area contributed by atoms with Gasteiger partial charge in [-0.25, -0.2) is 14.8 Å². The predicted molar refractivity (Wildman–Crippen MR) is 113 cm³/mol. The van der Waals surface area contributed by atoms with Crippen LogP contribution in [0.25, 0.3) is 22.4 Å². The van der Waals surface area contributed by atoms with Crippen LogP contribution in [0.15, 0.2) is 24.7 Å². The Balaban J connectivity index is 1.46. The lowest BCUT2D eigenvalue weighted by atomic mass is 10.0. The molecule has 1 atom stereocenters. The van der Waals surface area contributed by atoms with E-state index in [1.807, 2.05) is 27.0 Å². The van der Waals surface area contributed by atoms with Crippen LogP contribution in [0.4, 0.5) is 4.79 Å². The molecule has 3 aromatic heterocycles. The van der Waals surface area contributed by atoms with E-state index in [9.17, 15) is 4.79 Å². The Bertz CT molecular complexity index is 1140. The van der Waals surface area contributed by atoms with E-state index in [1.54, 1.807) is 11.1 Å². The molecule has 8 nitrogen and oxygen atoms in total. The van der Waals surface area contributed by atoms with Crippen molar-refractivity contribution in [3.8, 4) is 0 Å². The van der Waals surface area contributed by atoms with E-state index in [1.165, 1.54) is 5.57 Å². The minimum atomic E-state index is -0.487. The molecule has 2 aliphatic heterocycles. The zero-order valence-electron chi connectivity index (χ0n) is 17.6. The van der Waals surface area contributed by atoms with Gasteiger partial charge in [-0.3, -0.25) is 4.40 Å². The van der Waals surface area contributed by atoms with Crippen LogP contribution in [0.2, 0.25) is 0 Å². The number of H-pyrrole nitrogens is 1. The smallest absolute Gasteiger partial charge is 0.410 e. The van der Waals surface area contributed by atoms with Crippen molar-refractivity contribution in [3.05, 3.63) is 35.9 Å². The minimum absolute atomic E-state index is 0.192. The molecular formula is C22H27N5O3. The number of carbonyl (C=O) groups is 1. The molecule has 1 N–H and O–H groups in total. The van der Waals surface area contributed by atoms with Crippen LogP contribution in [0.5, 0.6) is 0 Å². The van der Waals surface area contributed by atoms with Gasteiger partial charge in [0.05, 0.1) is 30.6 Å². The van der Waals surface area contributed by atoms with Crippen LogP contribution in [0, 0.1) is 0 Å². The summed E-state index contributed by atoms with van der Waals surface area (Å²) in [5, 5.41) is 0. The number of hydrogen-bond acceptors (Lipinski definition) is 5. The van der Waals surface area contributed by atoms with Crippen molar-refractivity contribution in [3.63, 3.8) is 0 Å². The second kappa shape index (κ2) is 7.12. The summed E-state index contributed by atoms with van der Waals surface area (Å²) in [7, 11) is 0. The quantitative estimate of drug-likeness (QED) is 0.697. The molecule has 1 saturated heterocycles. The zero-order chi connectivity index (χ0) is 20.9. The number of aromatic amines is 1. The molecule has 0 radical (unpaired) electrons. The van der Waals surface area contributed by atoms with E-state index in [0.717, 1.165) is 47.5 Å². The average molecular weight is 409 g/mol. The van der Waals surface area contributed by atoms with Crippen molar-refractivity contribution in [2.75, 3.05) is 26.3 Å². The molecule has 5 heterocycles. The normalized spacial score (nSPS) is 20.2. The van der Waals surface area contributed by atoms with Crippen LogP contribution in [-0.2, 0) is 9.47 Å². The Hall–Kier alpha value is -2.87. The fraction of sp³-hybridized carbons (Fsp3) is 0.500. The predicted octanol–water partition coefficient (Wildman–Crippen LogP) is 3.74. The van der Waals surface area contributed by atoms with Gasteiger partial charge in [0.2, 0.25) is 0 Å². The number of aromatic nitrogens is 4. The van der Waals surface area contributed by atoms with Crippen molar-refractivity contribution in [2.45, 2.75) is 45.1 Å². The molecule has 1 fully saturated rings. The zero-order valence-corrected chi connectivity index (χ0v) is 17.6. The third-order valence-corrected chi connectivity index (χ3v) is 5.70. The maximum Gasteiger partial charge on any atom is 0.410 e. The fourth-order valence-corrected chi connectivity index (χ4v) is 4.26. The highest BCUT2D eigenvalue weighted by molar-refractivity contribution is 5.89. The van der Waals surface area contributed by atoms with E-state index in [4.69, 9.17) is 14.5 Å². The van der Waals surface area contributed by atoms with Crippen LogP contribution in [-0.4, -0.2) is 62.3 Å². The molecule has 0 aromatic carbocycles. The Morgan fingerprint density at radius 1 is 1.37 bits per heavy atom. The molecule has 1 amide bonds. The largest absolute Gasteiger partial charge is 0.444 e. The van der Waals surface area contributed by atoms with Gasteiger partial charge >= 0.3 is 6.09 Å². The van der Waals surface area contributed by atoms with Gasteiger partial charge in [-0.1, -0.05) is 6.08 Å². The Labute approximate surface area is 174 Å². The number of ether oxygens (including phenoxy) is 2. The van der Waals surface area contributed by atoms with Gasteiger partial charge in [0.25, 0.3) is 0 Å². The molecule has 5 rings (SSSR count). The molecule has 0 aliphatic carbocycles. The van der Waals surface area contributed by atoms with E-state index in [2.05, 4.69) is 26.6 Å². The molecule has 30 heavy (non-hydrogen) atoms. The maximum absolute atomic E-state index is 12.4. The highest BCUT2D eigenvalue weighted by Crippen LogP contribution is 2.32. The summed E-state index contributed by atoms with van der Waals surface area (Å²) in [6.07, 6.45) is 9.56. The van der Waals surface area contributed by atoms with E-state index >= 15 is 0 Å². The number of likely N-dealkylation sites (tertiary alicyclic amines) is 1. The maximum atomic E-state index is 12.4. The molecule has 158 valence electrons. The van der Waals surface area contributed by atoms with E-state index in [0.29, 0.717) is 19.7 Å². The summed E-state index contributed by atoms with van der Waals surface area (Å²) in [4.78, 5) is 26.9. The molecule has 0 bridgehead atoms. The number of hydrogen-bond donors (Lipinski definition) is 1. The lowest BCUT2D eigenvalue weighted by Gasteiger charge is -2.24. The summed E-state index contributed by atoms with van der Waals surface area (Å²) in [5.74, 6) is 0.192. The van der Waals surface area contributed by atoms with Crippen molar-refractivity contribution in [1.29, 1.82) is 0 Å². The minimum Gasteiger partial charge on any atom is -0.444 e. The first-order valence-electron chi connectivity index (χ1n) is 10.5. The lowest BCUT2D eigenvalue weighted by molar-refractivity contribution is 0.0292. The van der Waals surface area contributed by atoms with Crippen molar-refractivity contribution in [1.82, 2.24) is 24.3 Å². The molecule has 0 saturated carbocycles. The highest BCUT2D eigenvalue weighted by atomic mass is 16.6. The van der Waals surface area contributed by atoms with Gasteiger partial charge in [-0.05, 0) is 39.2 Å². The monoisotopic (exact) mass is 409 g/mol. The number of fused-ring (bicyclic) bond motifs is 3. The average Bonchev–Trinajstić information content (AvgIpc) is 3.43. The molecule has 1 unspecified atom stereocenters. The fourth-order valence-electron chi connectivity index (χ4n) is 4.26. The molecule has 3 aromatic rings. The Morgan fingerprint density at radius 2 is 2.23 bits per heavy atom. The van der Waals surface area contributed by atoms with Crippen molar-refractivity contribution in [2.24, 2.45) is 0 Å². The first-order chi connectivity index (χ1) is 14.4. The standard InChI is InChI=1S/C22H27N5O3/c1-22(2,3)30-21(28)26-7-4-15(12-26)17-13-27-18(25-17)11-24-20-19(27)16(10-23-20)14-5-8-29-9-6-14/h5,10-11,13,15,23H,4,6-9,12H2,1-3H3. The highest BCUT2D eigenvalue weighted by Gasteiger charge is 2.32. The molecular weight excluding hydrogens is 382 g/mol. The number of amides is 1. The number of imidazole rings is 1. The number of rotatable bonds is 2. The lowest BCUT2D eigenvalue weighted by Crippen LogP contribution is -2.35. The summed E-state index contributed by atoms with van der Waals surface area (Å²) in [6, 6.07) is 0. The molecule has 8 heteroatoms. The van der Waals surface area contributed by atoms with E-state index in [-0.39, 0.29) is 12.0 Å².